The van der Waals surface area contributed by atoms with E-state index in [1.165, 1.54) is 11.3 Å². The number of aromatic nitrogens is 2. The Bertz CT molecular complexity index is 644. The summed E-state index contributed by atoms with van der Waals surface area (Å²) in [6.45, 7) is 5.14. The summed E-state index contributed by atoms with van der Waals surface area (Å²) in [5.74, 6) is 1.78. The van der Waals surface area contributed by atoms with Crippen LogP contribution in [0.5, 0.6) is 0 Å². The molecule has 0 bridgehead atoms. The molecule has 1 unspecified atom stereocenters. The first-order chi connectivity index (χ1) is 10.2. The summed E-state index contributed by atoms with van der Waals surface area (Å²) in [4.78, 5) is 11.1. The molecule has 0 spiro atoms. The SMILES string of the molecule is CCNc1ncnc(N2c3ccccc3CCC2C)c1Br. The van der Waals surface area contributed by atoms with E-state index >= 15 is 0 Å². The van der Waals surface area contributed by atoms with Crippen molar-refractivity contribution in [3.05, 3.63) is 40.6 Å². The quantitative estimate of drug-likeness (QED) is 0.906. The largest absolute Gasteiger partial charge is 0.369 e. The van der Waals surface area contributed by atoms with E-state index in [0.29, 0.717) is 6.04 Å². The van der Waals surface area contributed by atoms with Crippen LogP contribution in [0.4, 0.5) is 17.3 Å². The molecule has 1 aromatic heterocycles. The van der Waals surface area contributed by atoms with Crippen molar-refractivity contribution in [2.75, 3.05) is 16.8 Å². The van der Waals surface area contributed by atoms with Gasteiger partial charge < -0.3 is 10.2 Å². The van der Waals surface area contributed by atoms with Gasteiger partial charge in [0.25, 0.3) is 0 Å². The molecular weight excluding hydrogens is 328 g/mol. The summed E-state index contributed by atoms with van der Waals surface area (Å²) >= 11 is 3.67. The van der Waals surface area contributed by atoms with Gasteiger partial charge in [0.1, 0.15) is 16.6 Å². The average Bonchev–Trinajstić information content (AvgIpc) is 2.50. The lowest BCUT2D eigenvalue weighted by atomic mass is 9.96. The van der Waals surface area contributed by atoms with Crippen molar-refractivity contribution in [2.45, 2.75) is 32.7 Å². The molecule has 0 fully saturated rings. The lowest BCUT2D eigenvalue weighted by Crippen LogP contribution is -2.34. The summed E-state index contributed by atoms with van der Waals surface area (Å²) in [6.07, 6.45) is 3.88. The highest BCUT2D eigenvalue weighted by molar-refractivity contribution is 9.10. The molecule has 21 heavy (non-hydrogen) atoms. The smallest absolute Gasteiger partial charge is 0.153 e. The van der Waals surface area contributed by atoms with Gasteiger partial charge >= 0.3 is 0 Å². The lowest BCUT2D eigenvalue weighted by molar-refractivity contribution is 0.612. The van der Waals surface area contributed by atoms with Crippen LogP contribution in [0, 0.1) is 0 Å². The Balaban J connectivity index is 2.09. The minimum absolute atomic E-state index is 0.417. The second-order valence-electron chi connectivity index (χ2n) is 5.28. The normalized spacial score (nSPS) is 17.5. The predicted octanol–water partition coefficient (Wildman–Crippen LogP) is 4.14. The van der Waals surface area contributed by atoms with Crippen LogP contribution in [-0.4, -0.2) is 22.6 Å². The van der Waals surface area contributed by atoms with Crippen molar-refractivity contribution in [2.24, 2.45) is 0 Å². The third-order valence-electron chi connectivity index (χ3n) is 3.87. The van der Waals surface area contributed by atoms with Crippen LogP contribution in [-0.2, 0) is 6.42 Å². The van der Waals surface area contributed by atoms with Crippen molar-refractivity contribution >= 4 is 33.3 Å². The van der Waals surface area contributed by atoms with Crippen LogP contribution in [0.15, 0.2) is 35.1 Å². The lowest BCUT2D eigenvalue weighted by Gasteiger charge is -2.36. The number of anilines is 3. The van der Waals surface area contributed by atoms with E-state index in [9.17, 15) is 0 Å². The summed E-state index contributed by atoms with van der Waals surface area (Å²) in [6, 6.07) is 8.98. The van der Waals surface area contributed by atoms with Crippen LogP contribution >= 0.6 is 15.9 Å². The zero-order valence-electron chi connectivity index (χ0n) is 12.3. The van der Waals surface area contributed by atoms with E-state index < -0.39 is 0 Å². The van der Waals surface area contributed by atoms with Crippen LogP contribution in [0.3, 0.4) is 0 Å². The number of hydrogen-bond acceptors (Lipinski definition) is 4. The third kappa shape index (κ3) is 2.62. The molecule has 4 nitrogen and oxygen atoms in total. The van der Waals surface area contributed by atoms with Gasteiger partial charge in [0, 0.05) is 18.3 Å². The molecule has 1 N–H and O–H groups in total. The standard InChI is InChI=1S/C16H19BrN4/c1-3-18-15-14(17)16(20-10-19-15)21-11(2)8-9-12-6-4-5-7-13(12)21/h4-7,10-11H,3,8-9H2,1-2H3,(H,18,19,20). The molecular formula is C16H19BrN4. The Morgan fingerprint density at radius 3 is 2.95 bits per heavy atom. The first-order valence-corrected chi connectivity index (χ1v) is 8.13. The molecule has 0 aliphatic carbocycles. The van der Waals surface area contributed by atoms with Crippen LogP contribution in [0.1, 0.15) is 25.8 Å². The highest BCUT2D eigenvalue weighted by Crippen LogP contribution is 2.40. The van der Waals surface area contributed by atoms with Crippen molar-refractivity contribution in [3.8, 4) is 0 Å². The second-order valence-corrected chi connectivity index (χ2v) is 6.07. The number of nitrogens with one attached hydrogen (secondary N) is 1. The molecule has 110 valence electrons. The van der Waals surface area contributed by atoms with E-state index in [0.717, 1.165) is 35.5 Å². The Hall–Kier alpha value is -1.62. The maximum atomic E-state index is 4.52. The molecule has 2 aromatic rings. The van der Waals surface area contributed by atoms with Crippen molar-refractivity contribution in [1.82, 2.24) is 9.97 Å². The minimum atomic E-state index is 0.417. The average molecular weight is 347 g/mol. The Morgan fingerprint density at radius 2 is 2.14 bits per heavy atom. The van der Waals surface area contributed by atoms with E-state index in [4.69, 9.17) is 0 Å². The fourth-order valence-corrected chi connectivity index (χ4v) is 3.37. The van der Waals surface area contributed by atoms with E-state index in [1.807, 2.05) is 0 Å². The number of para-hydroxylation sites is 1. The fraction of sp³-hybridized carbons (Fsp3) is 0.375. The maximum absolute atomic E-state index is 4.52. The summed E-state index contributed by atoms with van der Waals surface area (Å²) < 4.78 is 0.926. The number of hydrogen-bond donors (Lipinski definition) is 1. The van der Waals surface area contributed by atoms with Gasteiger partial charge in [-0.15, -0.1) is 0 Å². The summed E-state index contributed by atoms with van der Waals surface area (Å²) in [7, 11) is 0. The van der Waals surface area contributed by atoms with Gasteiger partial charge in [0.2, 0.25) is 0 Å². The Morgan fingerprint density at radius 1 is 1.33 bits per heavy atom. The van der Waals surface area contributed by atoms with E-state index in [1.54, 1.807) is 6.33 Å². The molecule has 0 amide bonds. The highest BCUT2D eigenvalue weighted by Gasteiger charge is 2.27. The van der Waals surface area contributed by atoms with Crippen molar-refractivity contribution in [3.63, 3.8) is 0 Å². The molecule has 5 heteroatoms. The number of nitrogens with zero attached hydrogens (tertiary/aromatic N) is 3. The minimum Gasteiger partial charge on any atom is -0.369 e. The van der Waals surface area contributed by atoms with Gasteiger partial charge in [-0.1, -0.05) is 18.2 Å². The molecule has 1 aromatic carbocycles. The molecule has 0 saturated heterocycles. The molecule has 2 heterocycles. The molecule has 1 aliphatic rings. The molecule has 1 aliphatic heterocycles. The highest BCUT2D eigenvalue weighted by atomic mass is 79.9. The summed E-state index contributed by atoms with van der Waals surface area (Å²) in [5.41, 5.74) is 2.63. The third-order valence-corrected chi connectivity index (χ3v) is 4.60. The zero-order valence-corrected chi connectivity index (χ0v) is 13.9. The van der Waals surface area contributed by atoms with Gasteiger partial charge in [0.15, 0.2) is 5.82 Å². The van der Waals surface area contributed by atoms with Gasteiger partial charge in [-0.25, -0.2) is 9.97 Å². The number of halogens is 1. The van der Waals surface area contributed by atoms with Crippen molar-refractivity contribution < 1.29 is 0 Å². The first kappa shape index (κ1) is 14.3. The molecule has 3 rings (SSSR count). The van der Waals surface area contributed by atoms with Gasteiger partial charge in [-0.3, -0.25) is 0 Å². The number of rotatable bonds is 3. The first-order valence-electron chi connectivity index (χ1n) is 7.34. The molecule has 0 saturated carbocycles. The van der Waals surface area contributed by atoms with Gasteiger partial charge in [-0.2, -0.15) is 0 Å². The van der Waals surface area contributed by atoms with Crippen molar-refractivity contribution in [1.29, 1.82) is 0 Å². The second kappa shape index (κ2) is 6.02. The Kier molecular flexibility index (Phi) is 4.10. The number of fused-ring (bicyclic) bond motifs is 1. The van der Waals surface area contributed by atoms with E-state index in [-0.39, 0.29) is 0 Å². The predicted molar refractivity (Wildman–Crippen MR) is 90.3 cm³/mol. The van der Waals surface area contributed by atoms with Gasteiger partial charge in [0.05, 0.1) is 0 Å². The zero-order chi connectivity index (χ0) is 14.8. The fourth-order valence-electron chi connectivity index (χ4n) is 2.83. The Labute approximate surface area is 133 Å². The monoisotopic (exact) mass is 346 g/mol. The summed E-state index contributed by atoms with van der Waals surface area (Å²) in [5, 5.41) is 3.27. The topological polar surface area (TPSA) is 41.1 Å². The van der Waals surface area contributed by atoms with Crippen LogP contribution in [0.2, 0.25) is 0 Å². The van der Waals surface area contributed by atoms with E-state index in [2.05, 4.69) is 74.2 Å². The number of benzene rings is 1. The maximum Gasteiger partial charge on any atom is 0.153 e. The number of aryl methyl sites for hydroxylation is 1. The van der Waals surface area contributed by atoms with Crippen LogP contribution < -0.4 is 10.2 Å². The molecule has 0 radical (unpaired) electrons. The van der Waals surface area contributed by atoms with Crippen LogP contribution in [0.25, 0.3) is 0 Å². The van der Waals surface area contributed by atoms with Gasteiger partial charge in [-0.05, 0) is 54.2 Å². The molecule has 1 atom stereocenters.